The van der Waals surface area contributed by atoms with Crippen molar-refractivity contribution in [2.24, 2.45) is 5.92 Å². The number of amides is 1. The number of nitrogens with one attached hydrogen (secondary N) is 1. The molecule has 5 nitrogen and oxygen atoms in total. The predicted octanol–water partition coefficient (Wildman–Crippen LogP) is 2.07. The Hall–Kier alpha value is -2.35. The van der Waals surface area contributed by atoms with Gasteiger partial charge in [-0.1, -0.05) is 26.0 Å². The number of hydrogen-bond donors (Lipinski definition) is 1. The van der Waals surface area contributed by atoms with E-state index in [1.165, 1.54) is 0 Å². The molecule has 0 atom stereocenters. The van der Waals surface area contributed by atoms with Crippen molar-refractivity contribution in [3.8, 4) is 6.07 Å². The summed E-state index contributed by atoms with van der Waals surface area (Å²) >= 11 is 0. The molecule has 1 N–H and O–H groups in total. The number of nitriles is 1. The first-order valence-electron chi connectivity index (χ1n) is 6.92. The molecular formula is C16H20N2O3. The van der Waals surface area contributed by atoms with Crippen LogP contribution in [0, 0.1) is 17.2 Å². The van der Waals surface area contributed by atoms with Crippen molar-refractivity contribution < 1.29 is 14.3 Å². The first kappa shape index (κ1) is 16.7. The number of rotatable bonds is 7. The van der Waals surface area contributed by atoms with Crippen LogP contribution in [0.1, 0.15) is 36.2 Å². The molecule has 0 saturated heterocycles. The summed E-state index contributed by atoms with van der Waals surface area (Å²) in [5, 5.41) is 10.8. The molecule has 0 aliphatic carbocycles. The molecule has 5 heteroatoms. The van der Waals surface area contributed by atoms with Gasteiger partial charge in [0, 0.05) is 6.54 Å². The van der Waals surface area contributed by atoms with E-state index < -0.39 is 11.9 Å². The van der Waals surface area contributed by atoms with E-state index in [9.17, 15) is 9.59 Å². The highest BCUT2D eigenvalue weighted by molar-refractivity contribution is 5.91. The van der Waals surface area contributed by atoms with Crippen molar-refractivity contribution in [3.63, 3.8) is 0 Å². The maximum absolute atomic E-state index is 11.8. The molecule has 21 heavy (non-hydrogen) atoms. The lowest BCUT2D eigenvalue weighted by Crippen LogP contribution is -2.29. The van der Waals surface area contributed by atoms with Crippen molar-refractivity contribution in [3.05, 3.63) is 35.4 Å². The van der Waals surface area contributed by atoms with E-state index in [-0.39, 0.29) is 19.6 Å². The average Bonchev–Trinajstić information content (AvgIpc) is 2.45. The summed E-state index contributed by atoms with van der Waals surface area (Å²) in [6.07, 6.45) is 1.19. The fourth-order valence-corrected chi connectivity index (χ4v) is 1.77. The molecule has 0 spiro atoms. The topological polar surface area (TPSA) is 79.2 Å². The fourth-order valence-electron chi connectivity index (χ4n) is 1.77. The van der Waals surface area contributed by atoms with Crippen LogP contribution in [0.2, 0.25) is 0 Å². The van der Waals surface area contributed by atoms with Crippen LogP contribution in [0.4, 0.5) is 0 Å². The van der Waals surface area contributed by atoms with Gasteiger partial charge in [-0.15, -0.1) is 0 Å². The summed E-state index contributed by atoms with van der Waals surface area (Å²) in [7, 11) is 0. The van der Waals surface area contributed by atoms with Gasteiger partial charge in [0.05, 0.1) is 18.1 Å². The lowest BCUT2D eigenvalue weighted by Gasteiger charge is -2.07. The van der Waals surface area contributed by atoms with Gasteiger partial charge in [-0.2, -0.15) is 5.26 Å². The zero-order chi connectivity index (χ0) is 15.7. The van der Waals surface area contributed by atoms with Crippen molar-refractivity contribution in [2.45, 2.75) is 26.7 Å². The molecule has 0 heterocycles. The van der Waals surface area contributed by atoms with Crippen LogP contribution in [0.5, 0.6) is 0 Å². The number of carbonyl (C=O) groups is 2. The van der Waals surface area contributed by atoms with Gasteiger partial charge in [-0.05, 0) is 30.0 Å². The zero-order valence-corrected chi connectivity index (χ0v) is 12.4. The van der Waals surface area contributed by atoms with E-state index in [2.05, 4.69) is 19.2 Å². The van der Waals surface area contributed by atoms with E-state index >= 15 is 0 Å². The maximum Gasteiger partial charge on any atom is 0.338 e. The van der Waals surface area contributed by atoms with E-state index in [0.717, 1.165) is 12.0 Å². The number of carbonyl (C=O) groups excluding carboxylic acids is 2. The Kier molecular flexibility index (Phi) is 6.96. The van der Waals surface area contributed by atoms with E-state index in [4.69, 9.17) is 10.00 Å². The fraction of sp³-hybridized carbons (Fsp3) is 0.438. The van der Waals surface area contributed by atoms with Crippen LogP contribution in [0.15, 0.2) is 24.3 Å². The summed E-state index contributed by atoms with van der Waals surface area (Å²) < 4.78 is 4.91. The third-order valence-corrected chi connectivity index (χ3v) is 2.73. The Morgan fingerprint density at radius 2 is 1.95 bits per heavy atom. The Morgan fingerprint density at radius 1 is 1.29 bits per heavy atom. The van der Waals surface area contributed by atoms with Gasteiger partial charge in [0.2, 0.25) is 0 Å². The second-order valence-corrected chi connectivity index (χ2v) is 5.13. The molecule has 0 saturated carbocycles. The van der Waals surface area contributed by atoms with E-state index in [0.29, 0.717) is 11.5 Å². The largest absolute Gasteiger partial charge is 0.452 e. The molecule has 0 fully saturated rings. The first-order valence-corrected chi connectivity index (χ1v) is 6.92. The van der Waals surface area contributed by atoms with Gasteiger partial charge < -0.3 is 10.1 Å². The zero-order valence-electron chi connectivity index (χ0n) is 12.4. The van der Waals surface area contributed by atoms with Gasteiger partial charge in [0.15, 0.2) is 6.61 Å². The standard InChI is InChI=1S/C16H20N2O3/c1-12(2)10-13-4-6-14(7-5-13)16(20)21-11-15(19)18-9-3-8-17/h4-7,12H,3,9-11H2,1-2H3,(H,18,19). The minimum Gasteiger partial charge on any atom is -0.452 e. The highest BCUT2D eigenvalue weighted by atomic mass is 16.5. The molecule has 0 aliphatic rings. The van der Waals surface area contributed by atoms with Gasteiger partial charge >= 0.3 is 5.97 Å². The molecule has 112 valence electrons. The normalized spacial score (nSPS) is 10.0. The smallest absolute Gasteiger partial charge is 0.338 e. The minimum absolute atomic E-state index is 0.233. The average molecular weight is 288 g/mol. The van der Waals surface area contributed by atoms with Gasteiger partial charge in [-0.25, -0.2) is 4.79 Å². The number of esters is 1. The Labute approximate surface area is 124 Å². The molecule has 0 aromatic heterocycles. The molecule has 1 amide bonds. The highest BCUT2D eigenvalue weighted by Crippen LogP contribution is 2.10. The lowest BCUT2D eigenvalue weighted by atomic mass is 10.0. The Bertz CT molecular complexity index is 515. The molecule has 1 rings (SSSR count). The summed E-state index contributed by atoms with van der Waals surface area (Å²) in [5.41, 5.74) is 1.59. The van der Waals surface area contributed by atoms with Gasteiger partial charge in [0.1, 0.15) is 0 Å². The summed E-state index contributed by atoms with van der Waals surface area (Å²) in [6.45, 7) is 4.19. The van der Waals surface area contributed by atoms with Crippen LogP contribution in [-0.4, -0.2) is 25.0 Å². The number of nitrogens with zero attached hydrogens (tertiary/aromatic N) is 1. The molecular weight excluding hydrogens is 268 g/mol. The minimum atomic E-state index is -0.526. The molecule has 1 aromatic rings. The SMILES string of the molecule is CC(C)Cc1ccc(C(=O)OCC(=O)NCCC#N)cc1. The third kappa shape index (κ3) is 6.57. The lowest BCUT2D eigenvalue weighted by molar-refractivity contribution is -0.124. The third-order valence-electron chi connectivity index (χ3n) is 2.73. The highest BCUT2D eigenvalue weighted by Gasteiger charge is 2.10. The van der Waals surface area contributed by atoms with E-state index in [1.807, 2.05) is 18.2 Å². The van der Waals surface area contributed by atoms with Crippen LogP contribution >= 0.6 is 0 Å². The van der Waals surface area contributed by atoms with Gasteiger partial charge in [-0.3, -0.25) is 4.79 Å². The summed E-state index contributed by atoms with van der Waals surface area (Å²) in [5.74, 6) is -0.378. The van der Waals surface area contributed by atoms with Gasteiger partial charge in [0.25, 0.3) is 5.91 Å². The van der Waals surface area contributed by atoms with Crippen LogP contribution in [0.25, 0.3) is 0 Å². The van der Waals surface area contributed by atoms with Crippen molar-refractivity contribution in [2.75, 3.05) is 13.2 Å². The second-order valence-electron chi connectivity index (χ2n) is 5.13. The van der Waals surface area contributed by atoms with Crippen molar-refractivity contribution >= 4 is 11.9 Å². The van der Waals surface area contributed by atoms with Crippen molar-refractivity contribution in [1.82, 2.24) is 5.32 Å². The molecule has 0 aliphatic heterocycles. The molecule has 0 unspecified atom stereocenters. The maximum atomic E-state index is 11.8. The van der Waals surface area contributed by atoms with Crippen molar-refractivity contribution in [1.29, 1.82) is 5.26 Å². The second kappa shape index (κ2) is 8.75. The Balaban J connectivity index is 2.41. The first-order chi connectivity index (χ1) is 10.0. The summed E-state index contributed by atoms with van der Waals surface area (Å²) in [6, 6.07) is 9.10. The number of hydrogen-bond acceptors (Lipinski definition) is 4. The van der Waals surface area contributed by atoms with E-state index in [1.54, 1.807) is 12.1 Å². The quantitative estimate of drug-likeness (QED) is 0.615. The molecule has 1 aromatic carbocycles. The molecule has 0 bridgehead atoms. The van der Waals surface area contributed by atoms with Crippen LogP contribution < -0.4 is 5.32 Å². The van der Waals surface area contributed by atoms with Crippen LogP contribution in [0.3, 0.4) is 0 Å². The number of ether oxygens (including phenoxy) is 1. The number of benzene rings is 1. The van der Waals surface area contributed by atoms with Crippen LogP contribution in [-0.2, 0) is 16.0 Å². The predicted molar refractivity (Wildman–Crippen MR) is 78.5 cm³/mol. The Morgan fingerprint density at radius 3 is 2.52 bits per heavy atom. The summed E-state index contributed by atoms with van der Waals surface area (Å²) in [4.78, 5) is 23.1. The molecule has 0 radical (unpaired) electrons. The monoisotopic (exact) mass is 288 g/mol.